The number of methoxy groups -OCH3 is 3. The molecular formula is C27H24F4N2O5S. The van der Waals surface area contributed by atoms with Gasteiger partial charge in [-0.3, -0.25) is 9.59 Å². The van der Waals surface area contributed by atoms with Crippen LogP contribution in [0.5, 0.6) is 17.2 Å². The second-order valence-corrected chi connectivity index (χ2v) is 9.53. The first-order valence-electron chi connectivity index (χ1n) is 11.6. The summed E-state index contributed by atoms with van der Waals surface area (Å²) in [6.45, 7) is 0. The Hall–Kier alpha value is -3.93. The van der Waals surface area contributed by atoms with Gasteiger partial charge in [0, 0.05) is 11.3 Å². The number of carbonyl (C=O) groups excluding carboxylic acids is 2. The van der Waals surface area contributed by atoms with E-state index in [1.165, 1.54) is 80.5 Å². The van der Waals surface area contributed by atoms with Crippen LogP contribution >= 0.6 is 11.8 Å². The van der Waals surface area contributed by atoms with Gasteiger partial charge in [-0.1, -0.05) is 24.3 Å². The van der Waals surface area contributed by atoms with E-state index in [1.54, 1.807) is 6.07 Å². The lowest BCUT2D eigenvalue weighted by Crippen LogP contribution is -2.45. The minimum atomic E-state index is -4.53. The molecule has 2 amide bonds. The van der Waals surface area contributed by atoms with E-state index in [4.69, 9.17) is 14.2 Å². The summed E-state index contributed by atoms with van der Waals surface area (Å²) in [5.41, 5.74) is -0.432. The van der Waals surface area contributed by atoms with Crippen LogP contribution in [0.2, 0.25) is 0 Å². The molecule has 4 rings (SSSR count). The van der Waals surface area contributed by atoms with E-state index >= 15 is 0 Å². The molecule has 39 heavy (non-hydrogen) atoms. The SMILES string of the molecule is COc1cc(C(=O)N2C(C(=O)Nc3ccccc3F)CSC2c2ccc(C(F)(F)F)cc2)cc(OC)c1OC. The third-order valence-electron chi connectivity index (χ3n) is 6.10. The van der Waals surface area contributed by atoms with Crippen molar-refractivity contribution in [3.8, 4) is 17.2 Å². The summed E-state index contributed by atoms with van der Waals surface area (Å²) in [6, 6.07) is 11.7. The van der Waals surface area contributed by atoms with E-state index in [0.29, 0.717) is 5.56 Å². The van der Waals surface area contributed by atoms with E-state index in [2.05, 4.69) is 5.32 Å². The molecule has 12 heteroatoms. The topological polar surface area (TPSA) is 77.1 Å². The van der Waals surface area contributed by atoms with Crippen molar-refractivity contribution in [2.24, 2.45) is 0 Å². The number of thioether (sulfide) groups is 1. The Morgan fingerprint density at radius 2 is 1.56 bits per heavy atom. The number of para-hydroxylation sites is 1. The largest absolute Gasteiger partial charge is 0.493 e. The molecule has 1 aliphatic heterocycles. The monoisotopic (exact) mass is 564 g/mol. The van der Waals surface area contributed by atoms with Crippen molar-refractivity contribution < 1.29 is 41.4 Å². The van der Waals surface area contributed by atoms with Crippen LogP contribution in [0.1, 0.15) is 26.9 Å². The van der Waals surface area contributed by atoms with Crippen LogP contribution in [-0.4, -0.2) is 49.8 Å². The first kappa shape index (κ1) is 28.1. The van der Waals surface area contributed by atoms with Crippen molar-refractivity contribution in [1.29, 1.82) is 0 Å². The van der Waals surface area contributed by atoms with Gasteiger partial charge in [0.2, 0.25) is 11.7 Å². The highest BCUT2D eigenvalue weighted by Crippen LogP contribution is 2.45. The number of benzene rings is 3. The Labute approximate surface area is 226 Å². The molecule has 0 aromatic heterocycles. The maximum atomic E-state index is 14.2. The van der Waals surface area contributed by atoms with Gasteiger partial charge in [-0.2, -0.15) is 13.2 Å². The number of nitrogens with one attached hydrogen (secondary N) is 1. The second-order valence-electron chi connectivity index (χ2n) is 8.42. The highest BCUT2D eigenvalue weighted by atomic mass is 32.2. The smallest absolute Gasteiger partial charge is 0.416 e. The predicted octanol–water partition coefficient (Wildman–Crippen LogP) is 5.77. The number of ether oxygens (including phenoxy) is 3. The third kappa shape index (κ3) is 5.75. The first-order valence-corrected chi connectivity index (χ1v) is 12.6. The highest BCUT2D eigenvalue weighted by molar-refractivity contribution is 7.99. The molecule has 2 unspecified atom stereocenters. The third-order valence-corrected chi connectivity index (χ3v) is 7.43. The van der Waals surface area contributed by atoms with Gasteiger partial charge in [-0.05, 0) is 42.0 Å². The molecule has 0 saturated carbocycles. The van der Waals surface area contributed by atoms with Gasteiger partial charge in [-0.25, -0.2) is 4.39 Å². The summed E-state index contributed by atoms with van der Waals surface area (Å²) in [4.78, 5) is 28.5. The van der Waals surface area contributed by atoms with E-state index in [1.807, 2.05) is 0 Å². The number of halogens is 4. The molecule has 7 nitrogen and oxygen atoms in total. The summed E-state index contributed by atoms with van der Waals surface area (Å²) < 4.78 is 69.7. The van der Waals surface area contributed by atoms with Gasteiger partial charge < -0.3 is 24.4 Å². The number of hydrogen-bond donors (Lipinski definition) is 1. The van der Waals surface area contributed by atoms with Crippen LogP contribution in [-0.2, 0) is 11.0 Å². The van der Waals surface area contributed by atoms with Gasteiger partial charge in [0.1, 0.15) is 17.2 Å². The van der Waals surface area contributed by atoms with E-state index in [-0.39, 0.29) is 34.3 Å². The van der Waals surface area contributed by atoms with E-state index < -0.39 is 40.8 Å². The normalized spacial score (nSPS) is 17.1. The van der Waals surface area contributed by atoms with Crippen molar-refractivity contribution in [2.75, 3.05) is 32.4 Å². The lowest BCUT2D eigenvalue weighted by atomic mass is 10.1. The Morgan fingerprint density at radius 3 is 2.10 bits per heavy atom. The number of rotatable bonds is 7. The zero-order chi connectivity index (χ0) is 28.3. The van der Waals surface area contributed by atoms with Crippen LogP contribution in [0, 0.1) is 5.82 Å². The number of nitrogens with zero attached hydrogens (tertiary/aromatic N) is 1. The minimum Gasteiger partial charge on any atom is -0.493 e. The molecule has 0 radical (unpaired) electrons. The van der Waals surface area contributed by atoms with Crippen molar-refractivity contribution in [1.82, 2.24) is 4.90 Å². The molecule has 206 valence electrons. The fraction of sp³-hybridized carbons (Fsp3) is 0.259. The summed E-state index contributed by atoms with van der Waals surface area (Å²) in [7, 11) is 4.17. The molecule has 1 aliphatic rings. The molecule has 1 fully saturated rings. The van der Waals surface area contributed by atoms with Crippen molar-refractivity contribution in [3.05, 3.63) is 83.2 Å². The van der Waals surface area contributed by atoms with E-state index in [9.17, 15) is 27.2 Å². The molecule has 1 heterocycles. The molecule has 0 bridgehead atoms. The Kier molecular flexibility index (Phi) is 8.24. The molecule has 3 aromatic rings. The predicted molar refractivity (Wildman–Crippen MR) is 138 cm³/mol. The minimum absolute atomic E-state index is 0.0642. The maximum Gasteiger partial charge on any atom is 0.416 e. The van der Waals surface area contributed by atoms with Crippen LogP contribution in [0.25, 0.3) is 0 Å². The summed E-state index contributed by atoms with van der Waals surface area (Å²) >= 11 is 1.20. The van der Waals surface area contributed by atoms with Crippen LogP contribution < -0.4 is 19.5 Å². The Bertz CT molecular complexity index is 1340. The van der Waals surface area contributed by atoms with Gasteiger partial charge in [0.05, 0.1) is 32.6 Å². The lowest BCUT2D eigenvalue weighted by molar-refractivity contribution is -0.137. The number of carbonyl (C=O) groups is 2. The molecule has 1 saturated heterocycles. The fourth-order valence-electron chi connectivity index (χ4n) is 4.18. The van der Waals surface area contributed by atoms with Gasteiger partial charge in [-0.15, -0.1) is 11.8 Å². The highest BCUT2D eigenvalue weighted by Gasteiger charge is 2.43. The fourth-order valence-corrected chi connectivity index (χ4v) is 5.61. The zero-order valence-electron chi connectivity index (χ0n) is 21.0. The molecule has 1 N–H and O–H groups in total. The van der Waals surface area contributed by atoms with Crippen LogP contribution in [0.15, 0.2) is 60.7 Å². The Balaban J connectivity index is 1.75. The maximum absolute atomic E-state index is 14.2. The van der Waals surface area contributed by atoms with Gasteiger partial charge in [0.15, 0.2) is 11.5 Å². The molecule has 2 atom stereocenters. The zero-order valence-corrected chi connectivity index (χ0v) is 21.9. The first-order chi connectivity index (χ1) is 18.6. The average molecular weight is 565 g/mol. The summed E-state index contributed by atoms with van der Waals surface area (Å²) in [6.07, 6.45) is -4.53. The number of hydrogen-bond acceptors (Lipinski definition) is 6. The van der Waals surface area contributed by atoms with Gasteiger partial charge in [0.25, 0.3) is 5.91 Å². The number of amides is 2. The van der Waals surface area contributed by atoms with Crippen molar-refractivity contribution >= 4 is 29.3 Å². The van der Waals surface area contributed by atoms with Crippen LogP contribution in [0.3, 0.4) is 0 Å². The van der Waals surface area contributed by atoms with E-state index in [0.717, 1.165) is 12.1 Å². The van der Waals surface area contributed by atoms with Crippen molar-refractivity contribution in [3.63, 3.8) is 0 Å². The molecular weight excluding hydrogens is 540 g/mol. The van der Waals surface area contributed by atoms with Crippen molar-refractivity contribution in [2.45, 2.75) is 17.6 Å². The molecule has 0 aliphatic carbocycles. The number of anilines is 1. The molecule has 3 aromatic carbocycles. The van der Waals surface area contributed by atoms with Gasteiger partial charge >= 0.3 is 6.18 Å². The average Bonchev–Trinajstić information content (AvgIpc) is 3.38. The van der Waals surface area contributed by atoms with Crippen LogP contribution in [0.4, 0.5) is 23.2 Å². The quantitative estimate of drug-likeness (QED) is 0.368. The molecule has 0 spiro atoms. The summed E-state index contributed by atoms with van der Waals surface area (Å²) in [5, 5.41) is 1.70. The Morgan fingerprint density at radius 1 is 0.949 bits per heavy atom. The lowest BCUT2D eigenvalue weighted by Gasteiger charge is -2.29. The standard InChI is InChI=1S/C27H24F4N2O5S/c1-36-21-12-16(13-22(37-2)23(21)38-3)25(35)33-20(24(34)32-19-7-5-4-6-18(19)28)14-39-26(33)15-8-10-17(11-9-15)27(29,30)31/h4-13,20,26H,14H2,1-3H3,(H,32,34). The number of alkyl halides is 3. The second kappa shape index (κ2) is 11.4. The summed E-state index contributed by atoms with van der Waals surface area (Å²) in [5.74, 6) is -1.15.